The zero-order valence-corrected chi connectivity index (χ0v) is 10.6. The number of ether oxygens (including phenoxy) is 1. The van der Waals surface area contributed by atoms with Gasteiger partial charge in [0.05, 0.1) is 6.10 Å². The fourth-order valence-electron chi connectivity index (χ4n) is 1.14. The maximum Gasteiger partial charge on any atom is 0.0921 e. The smallest absolute Gasteiger partial charge is 0.0921 e. The monoisotopic (exact) mass is 306 g/mol. The average molecular weight is 308 g/mol. The van der Waals surface area contributed by atoms with Crippen LogP contribution in [0.25, 0.3) is 0 Å². The topological polar surface area (TPSA) is 9.23 Å². The zero-order chi connectivity index (χ0) is 9.68. The van der Waals surface area contributed by atoms with E-state index in [4.69, 9.17) is 4.74 Å². The lowest BCUT2D eigenvalue weighted by Gasteiger charge is -2.14. The van der Waals surface area contributed by atoms with Gasteiger partial charge in [0.2, 0.25) is 0 Å². The summed E-state index contributed by atoms with van der Waals surface area (Å²) in [6.45, 7) is 2.75. The van der Waals surface area contributed by atoms with Crippen molar-refractivity contribution in [2.45, 2.75) is 13.0 Å². The highest BCUT2D eigenvalue weighted by molar-refractivity contribution is 9.10. The summed E-state index contributed by atoms with van der Waals surface area (Å²) >= 11 is 6.88. The summed E-state index contributed by atoms with van der Waals surface area (Å²) in [5.74, 6) is 0. The van der Waals surface area contributed by atoms with Crippen LogP contribution < -0.4 is 0 Å². The molecule has 0 aromatic heterocycles. The molecule has 0 radical (unpaired) electrons. The molecule has 0 amide bonds. The van der Waals surface area contributed by atoms with Crippen LogP contribution in [0, 0.1) is 0 Å². The number of hydrogen-bond donors (Lipinski definition) is 0. The molecule has 1 nitrogen and oxygen atoms in total. The van der Waals surface area contributed by atoms with Crippen LogP contribution in [0.3, 0.4) is 0 Å². The lowest BCUT2D eigenvalue weighted by Crippen LogP contribution is -2.05. The van der Waals surface area contributed by atoms with Gasteiger partial charge in [-0.25, -0.2) is 0 Å². The van der Waals surface area contributed by atoms with Crippen LogP contribution in [0.1, 0.15) is 18.6 Å². The van der Waals surface area contributed by atoms with Crippen molar-refractivity contribution in [2.75, 3.05) is 11.9 Å². The summed E-state index contributed by atoms with van der Waals surface area (Å²) in [6, 6.07) is 8.20. The van der Waals surface area contributed by atoms with E-state index in [9.17, 15) is 0 Å². The first-order valence-corrected chi connectivity index (χ1v) is 6.12. The molecule has 1 rings (SSSR count). The Labute approximate surface area is 95.7 Å². The summed E-state index contributed by atoms with van der Waals surface area (Å²) in [7, 11) is 0. The molecule has 0 spiro atoms. The molecule has 0 aliphatic carbocycles. The largest absolute Gasteiger partial charge is 0.373 e. The quantitative estimate of drug-likeness (QED) is 0.766. The molecule has 0 N–H and O–H groups in total. The van der Waals surface area contributed by atoms with Crippen molar-refractivity contribution >= 4 is 31.9 Å². The third-order valence-electron chi connectivity index (χ3n) is 1.73. The maximum absolute atomic E-state index is 5.56. The Morgan fingerprint density at radius 1 is 1.46 bits per heavy atom. The molecule has 1 aromatic carbocycles. The number of rotatable bonds is 4. The van der Waals surface area contributed by atoms with Gasteiger partial charge in [-0.1, -0.05) is 44.0 Å². The molecular weight excluding hydrogens is 296 g/mol. The molecule has 0 fully saturated rings. The molecule has 0 aliphatic heterocycles. The van der Waals surface area contributed by atoms with Gasteiger partial charge in [-0.15, -0.1) is 0 Å². The fraction of sp³-hybridized carbons (Fsp3) is 0.400. The highest BCUT2D eigenvalue weighted by atomic mass is 79.9. The van der Waals surface area contributed by atoms with Crippen LogP contribution in [-0.2, 0) is 4.74 Å². The normalized spacial score (nSPS) is 12.8. The van der Waals surface area contributed by atoms with Gasteiger partial charge < -0.3 is 4.74 Å². The van der Waals surface area contributed by atoms with E-state index in [2.05, 4.69) is 44.0 Å². The van der Waals surface area contributed by atoms with E-state index in [1.807, 2.05) is 19.1 Å². The first kappa shape index (κ1) is 11.2. The highest BCUT2D eigenvalue weighted by Gasteiger charge is 2.09. The Morgan fingerprint density at radius 3 is 2.77 bits per heavy atom. The van der Waals surface area contributed by atoms with Crippen molar-refractivity contribution < 1.29 is 4.74 Å². The Bertz CT molecular complexity index is 263. The molecule has 72 valence electrons. The van der Waals surface area contributed by atoms with Gasteiger partial charge in [0.15, 0.2) is 0 Å². The highest BCUT2D eigenvalue weighted by Crippen LogP contribution is 2.22. The SMILES string of the molecule is CCOC(CBr)c1cccc(Br)c1. The predicted octanol–water partition coefficient (Wildman–Crippen LogP) is 3.92. The number of benzene rings is 1. The van der Waals surface area contributed by atoms with E-state index in [-0.39, 0.29) is 6.10 Å². The maximum atomic E-state index is 5.56. The summed E-state index contributed by atoms with van der Waals surface area (Å²) in [4.78, 5) is 0. The van der Waals surface area contributed by atoms with E-state index >= 15 is 0 Å². The lowest BCUT2D eigenvalue weighted by molar-refractivity contribution is 0.0806. The summed E-state index contributed by atoms with van der Waals surface area (Å²) in [6.07, 6.45) is 0.155. The second-order valence-corrected chi connectivity index (χ2v) is 4.22. The Hall–Kier alpha value is 0.140. The number of halogens is 2. The fourth-order valence-corrected chi connectivity index (χ4v) is 2.12. The van der Waals surface area contributed by atoms with Gasteiger partial charge in [-0.2, -0.15) is 0 Å². The van der Waals surface area contributed by atoms with Gasteiger partial charge in [-0.3, -0.25) is 0 Å². The van der Waals surface area contributed by atoms with Crippen molar-refractivity contribution in [1.82, 2.24) is 0 Å². The Morgan fingerprint density at radius 2 is 2.23 bits per heavy atom. The van der Waals surface area contributed by atoms with Crippen LogP contribution in [0.4, 0.5) is 0 Å². The van der Waals surface area contributed by atoms with E-state index in [0.29, 0.717) is 0 Å². The minimum absolute atomic E-state index is 0.155. The third-order valence-corrected chi connectivity index (χ3v) is 2.81. The van der Waals surface area contributed by atoms with E-state index in [1.54, 1.807) is 0 Å². The summed E-state index contributed by atoms with van der Waals surface area (Å²) in [5.41, 5.74) is 1.20. The van der Waals surface area contributed by atoms with E-state index in [0.717, 1.165) is 16.4 Å². The van der Waals surface area contributed by atoms with E-state index < -0.39 is 0 Å². The zero-order valence-electron chi connectivity index (χ0n) is 7.47. The standard InChI is InChI=1S/C10H12Br2O/c1-2-13-10(7-11)8-4-3-5-9(12)6-8/h3-6,10H,2,7H2,1H3. The molecular formula is C10H12Br2O. The van der Waals surface area contributed by atoms with Crippen molar-refractivity contribution in [3.8, 4) is 0 Å². The molecule has 13 heavy (non-hydrogen) atoms. The second kappa shape index (κ2) is 5.78. The Kier molecular flexibility index (Phi) is 4.99. The first-order valence-electron chi connectivity index (χ1n) is 4.21. The van der Waals surface area contributed by atoms with E-state index in [1.165, 1.54) is 5.56 Å². The second-order valence-electron chi connectivity index (χ2n) is 2.65. The lowest BCUT2D eigenvalue weighted by atomic mass is 10.1. The molecule has 0 saturated carbocycles. The molecule has 1 atom stereocenters. The van der Waals surface area contributed by atoms with Gasteiger partial charge >= 0.3 is 0 Å². The van der Waals surface area contributed by atoms with Crippen molar-refractivity contribution in [2.24, 2.45) is 0 Å². The molecule has 0 bridgehead atoms. The van der Waals surface area contributed by atoms with Crippen LogP contribution in [-0.4, -0.2) is 11.9 Å². The minimum atomic E-state index is 0.155. The van der Waals surface area contributed by atoms with Crippen molar-refractivity contribution in [1.29, 1.82) is 0 Å². The third kappa shape index (κ3) is 3.41. The number of alkyl halides is 1. The first-order chi connectivity index (χ1) is 6.27. The average Bonchev–Trinajstić information content (AvgIpc) is 2.14. The van der Waals surface area contributed by atoms with Crippen LogP contribution in [0.2, 0.25) is 0 Å². The molecule has 0 heterocycles. The summed E-state index contributed by atoms with van der Waals surface area (Å²) in [5, 5.41) is 0.831. The molecule has 0 aliphatic rings. The van der Waals surface area contributed by atoms with Gasteiger partial charge in [-0.05, 0) is 24.6 Å². The molecule has 3 heteroatoms. The van der Waals surface area contributed by atoms with Crippen LogP contribution in [0.15, 0.2) is 28.7 Å². The number of hydrogen-bond acceptors (Lipinski definition) is 1. The van der Waals surface area contributed by atoms with Crippen LogP contribution in [0.5, 0.6) is 0 Å². The van der Waals surface area contributed by atoms with Crippen molar-refractivity contribution in [3.05, 3.63) is 34.3 Å². The van der Waals surface area contributed by atoms with Gasteiger partial charge in [0, 0.05) is 16.4 Å². The predicted molar refractivity (Wildman–Crippen MR) is 62.3 cm³/mol. The van der Waals surface area contributed by atoms with Gasteiger partial charge in [0.1, 0.15) is 0 Å². The molecule has 0 saturated heterocycles. The van der Waals surface area contributed by atoms with Gasteiger partial charge in [0.25, 0.3) is 0 Å². The Balaban J connectivity index is 2.78. The molecule has 1 aromatic rings. The van der Waals surface area contributed by atoms with Crippen molar-refractivity contribution in [3.63, 3.8) is 0 Å². The summed E-state index contributed by atoms with van der Waals surface area (Å²) < 4.78 is 6.66. The minimum Gasteiger partial charge on any atom is -0.373 e. The van der Waals surface area contributed by atoms with Crippen LogP contribution >= 0.6 is 31.9 Å². The molecule has 1 unspecified atom stereocenters.